The van der Waals surface area contributed by atoms with Crippen molar-refractivity contribution in [3.8, 4) is 0 Å². The van der Waals surface area contributed by atoms with Crippen LogP contribution in [0.3, 0.4) is 0 Å². The van der Waals surface area contributed by atoms with E-state index in [9.17, 15) is 9.59 Å². The summed E-state index contributed by atoms with van der Waals surface area (Å²) in [5.74, 6) is -0.195. The van der Waals surface area contributed by atoms with Gasteiger partial charge in [-0.2, -0.15) is 0 Å². The van der Waals surface area contributed by atoms with Crippen molar-refractivity contribution >= 4 is 11.8 Å². The molecule has 21 heavy (non-hydrogen) atoms. The zero-order valence-electron chi connectivity index (χ0n) is 12.6. The highest BCUT2D eigenvalue weighted by molar-refractivity contribution is 5.94. The lowest BCUT2D eigenvalue weighted by Gasteiger charge is -2.41. The Morgan fingerprint density at radius 1 is 1.43 bits per heavy atom. The number of pyridine rings is 1. The van der Waals surface area contributed by atoms with E-state index in [4.69, 9.17) is 0 Å². The van der Waals surface area contributed by atoms with Crippen molar-refractivity contribution < 1.29 is 9.59 Å². The Hall–Kier alpha value is -2.17. The van der Waals surface area contributed by atoms with Crippen molar-refractivity contribution in [2.45, 2.75) is 25.2 Å². The SMILES string of the molecule is C=C(C)C(=O)N1CCCC(C(=O)NC)(c2ccccn2)C1. The van der Waals surface area contributed by atoms with Gasteiger partial charge >= 0.3 is 0 Å². The molecule has 0 saturated carbocycles. The molecule has 1 atom stereocenters. The van der Waals surface area contributed by atoms with Crippen LogP contribution in [0.2, 0.25) is 0 Å². The number of likely N-dealkylation sites (N-methyl/N-ethyl adjacent to an activating group) is 1. The number of nitrogens with one attached hydrogen (secondary N) is 1. The van der Waals surface area contributed by atoms with Crippen molar-refractivity contribution in [1.29, 1.82) is 0 Å². The predicted molar refractivity (Wildman–Crippen MR) is 80.6 cm³/mol. The van der Waals surface area contributed by atoms with Crippen LogP contribution in [0, 0.1) is 0 Å². The molecule has 1 aromatic rings. The number of piperidine rings is 1. The van der Waals surface area contributed by atoms with E-state index in [0.717, 1.165) is 6.42 Å². The van der Waals surface area contributed by atoms with E-state index in [1.165, 1.54) is 0 Å². The van der Waals surface area contributed by atoms with E-state index in [2.05, 4.69) is 16.9 Å². The number of carbonyl (C=O) groups is 2. The largest absolute Gasteiger partial charge is 0.358 e. The van der Waals surface area contributed by atoms with E-state index < -0.39 is 5.41 Å². The Kier molecular flexibility index (Phi) is 4.40. The second kappa shape index (κ2) is 6.08. The highest BCUT2D eigenvalue weighted by Gasteiger charge is 2.45. The summed E-state index contributed by atoms with van der Waals surface area (Å²) < 4.78 is 0. The lowest BCUT2D eigenvalue weighted by atomic mass is 9.75. The maximum atomic E-state index is 12.5. The van der Waals surface area contributed by atoms with Gasteiger partial charge in [0, 0.05) is 31.9 Å². The molecule has 1 aromatic heterocycles. The molecular formula is C16H21N3O2. The summed E-state index contributed by atoms with van der Waals surface area (Å²) in [5, 5.41) is 2.72. The van der Waals surface area contributed by atoms with Gasteiger partial charge in [-0.1, -0.05) is 12.6 Å². The van der Waals surface area contributed by atoms with Crippen molar-refractivity contribution in [2.75, 3.05) is 20.1 Å². The Balaban J connectivity index is 2.39. The van der Waals surface area contributed by atoms with Crippen LogP contribution in [0.4, 0.5) is 0 Å². The first-order valence-electron chi connectivity index (χ1n) is 7.10. The summed E-state index contributed by atoms with van der Waals surface area (Å²) in [4.78, 5) is 30.8. The monoisotopic (exact) mass is 287 g/mol. The third kappa shape index (κ3) is 2.82. The molecule has 1 unspecified atom stereocenters. The number of likely N-dealkylation sites (tertiary alicyclic amines) is 1. The van der Waals surface area contributed by atoms with Gasteiger partial charge in [-0.15, -0.1) is 0 Å². The fourth-order valence-corrected chi connectivity index (χ4v) is 2.89. The van der Waals surface area contributed by atoms with Gasteiger partial charge in [-0.25, -0.2) is 0 Å². The first kappa shape index (κ1) is 15.2. The van der Waals surface area contributed by atoms with Crippen molar-refractivity contribution in [3.05, 3.63) is 42.2 Å². The Morgan fingerprint density at radius 2 is 2.19 bits per heavy atom. The van der Waals surface area contributed by atoms with Crippen LogP contribution in [0.25, 0.3) is 0 Å². The van der Waals surface area contributed by atoms with E-state index in [1.807, 2.05) is 18.2 Å². The fourth-order valence-electron chi connectivity index (χ4n) is 2.89. The van der Waals surface area contributed by atoms with Crippen LogP contribution in [0.1, 0.15) is 25.5 Å². The van der Waals surface area contributed by atoms with Gasteiger partial charge in [0.15, 0.2) is 0 Å². The number of hydrogen-bond acceptors (Lipinski definition) is 3. The third-order valence-electron chi connectivity index (χ3n) is 3.96. The molecule has 0 bridgehead atoms. The number of amides is 2. The minimum atomic E-state index is -0.778. The van der Waals surface area contributed by atoms with Crippen LogP contribution >= 0.6 is 0 Å². The molecular weight excluding hydrogens is 266 g/mol. The molecule has 5 nitrogen and oxygen atoms in total. The normalized spacial score (nSPS) is 21.7. The number of hydrogen-bond donors (Lipinski definition) is 1. The number of aromatic nitrogens is 1. The lowest BCUT2D eigenvalue weighted by Crippen LogP contribution is -2.56. The maximum absolute atomic E-state index is 12.5. The molecule has 0 radical (unpaired) electrons. The van der Waals surface area contributed by atoms with Crippen LogP contribution in [0.15, 0.2) is 36.5 Å². The first-order chi connectivity index (χ1) is 10.0. The van der Waals surface area contributed by atoms with Crippen LogP contribution in [-0.4, -0.2) is 41.8 Å². The van der Waals surface area contributed by atoms with Crippen molar-refractivity contribution in [2.24, 2.45) is 0 Å². The zero-order valence-corrected chi connectivity index (χ0v) is 12.6. The third-order valence-corrected chi connectivity index (χ3v) is 3.96. The average Bonchev–Trinajstić information content (AvgIpc) is 2.54. The van der Waals surface area contributed by atoms with Gasteiger partial charge in [-0.05, 0) is 31.9 Å². The summed E-state index contributed by atoms with van der Waals surface area (Å²) in [5.41, 5.74) is 0.423. The van der Waals surface area contributed by atoms with E-state index in [-0.39, 0.29) is 11.8 Å². The van der Waals surface area contributed by atoms with Gasteiger partial charge in [-0.3, -0.25) is 14.6 Å². The first-order valence-corrected chi connectivity index (χ1v) is 7.10. The summed E-state index contributed by atoms with van der Waals surface area (Å²) >= 11 is 0. The fraction of sp³-hybridized carbons (Fsp3) is 0.438. The Bertz CT molecular complexity index is 556. The minimum absolute atomic E-state index is 0.0968. The molecule has 0 aliphatic carbocycles. The van der Waals surface area contributed by atoms with Crippen LogP contribution in [0.5, 0.6) is 0 Å². The van der Waals surface area contributed by atoms with Gasteiger partial charge in [0.2, 0.25) is 11.8 Å². The van der Waals surface area contributed by atoms with Crippen LogP contribution in [-0.2, 0) is 15.0 Å². The molecule has 1 aliphatic heterocycles. The second-order valence-electron chi connectivity index (χ2n) is 5.49. The summed E-state index contributed by atoms with van der Waals surface area (Å²) in [6.45, 7) is 6.39. The molecule has 1 N–H and O–H groups in total. The highest BCUT2D eigenvalue weighted by atomic mass is 16.2. The molecule has 1 saturated heterocycles. The molecule has 2 amide bonds. The Morgan fingerprint density at radius 3 is 2.76 bits per heavy atom. The van der Waals surface area contributed by atoms with E-state index >= 15 is 0 Å². The summed E-state index contributed by atoms with van der Waals surface area (Å²) in [7, 11) is 1.62. The number of carbonyl (C=O) groups excluding carboxylic acids is 2. The second-order valence-corrected chi connectivity index (χ2v) is 5.49. The molecule has 2 heterocycles. The summed E-state index contributed by atoms with van der Waals surface area (Å²) in [6, 6.07) is 5.54. The van der Waals surface area contributed by atoms with Crippen molar-refractivity contribution in [3.63, 3.8) is 0 Å². The zero-order chi connectivity index (χ0) is 15.5. The van der Waals surface area contributed by atoms with Gasteiger partial charge < -0.3 is 10.2 Å². The molecule has 1 fully saturated rings. The number of rotatable bonds is 3. The average molecular weight is 287 g/mol. The molecule has 1 aliphatic rings. The van der Waals surface area contributed by atoms with Gasteiger partial charge in [0.05, 0.1) is 5.69 Å². The molecule has 112 valence electrons. The lowest BCUT2D eigenvalue weighted by molar-refractivity contribution is -0.134. The van der Waals surface area contributed by atoms with Crippen molar-refractivity contribution in [1.82, 2.24) is 15.2 Å². The van der Waals surface area contributed by atoms with E-state index in [1.54, 1.807) is 25.1 Å². The number of nitrogens with zero attached hydrogens (tertiary/aromatic N) is 2. The van der Waals surface area contributed by atoms with Gasteiger partial charge in [0.1, 0.15) is 5.41 Å². The minimum Gasteiger partial charge on any atom is -0.358 e. The van der Waals surface area contributed by atoms with Gasteiger partial charge in [0.25, 0.3) is 0 Å². The van der Waals surface area contributed by atoms with Crippen LogP contribution < -0.4 is 5.32 Å². The predicted octanol–water partition coefficient (Wildman–Crippen LogP) is 1.26. The highest BCUT2D eigenvalue weighted by Crippen LogP contribution is 2.33. The molecule has 2 rings (SSSR count). The Labute approximate surface area is 125 Å². The smallest absolute Gasteiger partial charge is 0.248 e. The molecule has 5 heteroatoms. The maximum Gasteiger partial charge on any atom is 0.248 e. The quantitative estimate of drug-likeness (QED) is 0.851. The summed E-state index contributed by atoms with van der Waals surface area (Å²) in [6.07, 6.45) is 3.13. The molecule has 0 aromatic carbocycles. The topological polar surface area (TPSA) is 62.3 Å². The standard InChI is InChI=1S/C16H21N3O2/c1-12(2)14(20)19-10-6-8-16(11-19,15(21)17-3)13-7-4-5-9-18-13/h4-5,7,9H,1,6,8,10-11H2,2-3H3,(H,17,21). The molecule has 0 spiro atoms. The van der Waals surface area contributed by atoms with E-state index in [0.29, 0.717) is 30.8 Å².